The van der Waals surface area contributed by atoms with Gasteiger partial charge in [-0.3, -0.25) is 8.74 Å². The molecule has 0 radical (unpaired) electrons. The zero-order valence-corrected chi connectivity index (χ0v) is 9.57. The molecule has 0 heterocycles. The molecule has 1 unspecified atom stereocenters. The van der Waals surface area contributed by atoms with Crippen LogP contribution in [0.3, 0.4) is 0 Å². The molecule has 0 amide bonds. The van der Waals surface area contributed by atoms with E-state index in [4.69, 9.17) is 4.55 Å². The number of hydrogen-bond donors (Lipinski definition) is 2. The summed E-state index contributed by atoms with van der Waals surface area (Å²) in [5, 5.41) is 0. The Kier molecular flexibility index (Phi) is 7.28. The van der Waals surface area contributed by atoms with Crippen molar-refractivity contribution in [3.63, 3.8) is 0 Å². The first-order valence-electron chi connectivity index (χ1n) is 4.13. The van der Waals surface area contributed by atoms with Crippen molar-refractivity contribution in [3.05, 3.63) is 0 Å². The molecule has 0 saturated carbocycles. The van der Waals surface area contributed by atoms with Crippen molar-refractivity contribution in [1.82, 2.24) is 4.72 Å². The van der Waals surface area contributed by atoms with Crippen LogP contribution in [0.25, 0.3) is 0 Å². The lowest BCUT2D eigenvalue weighted by atomic mass is 10.3. The van der Waals surface area contributed by atoms with Crippen molar-refractivity contribution in [3.8, 4) is 0 Å². The minimum Gasteiger partial charge on any atom is -0.284 e. The summed E-state index contributed by atoms with van der Waals surface area (Å²) in [6.07, 6.45) is 1.74. The van der Waals surface area contributed by atoms with E-state index in [1.54, 1.807) is 0 Å². The summed E-state index contributed by atoms with van der Waals surface area (Å²) in [6.45, 7) is 0.169. The maximum atomic E-state index is 10.9. The lowest BCUT2D eigenvalue weighted by molar-refractivity contribution is 0.298. The van der Waals surface area contributed by atoms with Crippen molar-refractivity contribution in [1.29, 1.82) is 0 Å². The Morgan fingerprint density at radius 3 is 2.50 bits per heavy atom. The van der Waals surface area contributed by atoms with E-state index in [1.807, 2.05) is 0 Å². The van der Waals surface area contributed by atoms with Crippen LogP contribution in [0.2, 0.25) is 0 Å². The largest absolute Gasteiger partial charge is 0.301 e. The lowest BCUT2D eigenvalue weighted by Crippen LogP contribution is -2.21. The van der Waals surface area contributed by atoms with Gasteiger partial charge in [-0.2, -0.15) is 4.21 Å². The van der Waals surface area contributed by atoms with Gasteiger partial charge in [-0.05, 0) is 19.9 Å². The standard InChI is InChI=1S/C6H15NO5S2/c1-7-14(10,11)6-4-2-3-5-12-13(8)9/h7H,2-6H2,1H3,(H,8,9). The predicted octanol–water partition coefficient (Wildman–Crippen LogP) is -0.141. The molecule has 2 N–H and O–H groups in total. The Morgan fingerprint density at radius 2 is 2.00 bits per heavy atom. The molecule has 14 heavy (non-hydrogen) atoms. The van der Waals surface area contributed by atoms with Crippen molar-refractivity contribution in [2.45, 2.75) is 19.3 Å². The van der Waals surface area contributed by atoms with Crippen LogP contribution in [-0.2, 0) is 25.6 Å². The van der Waals surface area contributed by atoms with E-state index in [2.05, 4.69) is 8.91 Å². The molecule has 0 aromatic carbocycles. The first-order valence-corrected chi connectivity index (χ1v) is 6.81. The van der Waals surface area contributed by atoms with Crippen LogP contribution in [0.1, 0.15) is 19.3 Å². The van der Waals surface area contributed by atoms with Crippen LogP contribution in [0.15, 0.2) is 0 Å². The van der Waals surface area contributed by atoms with Gasteiger partial charge in [0.15, 0.2) is 0 Å². The van der Waals surface area contributed by atoms with Gasteiger partial charge >= 0.3 is 11.4 Å². The van der Waals surface area contributed by atoms with E-state index >= 15 is 0 Å². The quantitative estimate of drug-likeness (QED) is 0.458. The molecule has 86 valence electrons. The first-order chi connectivity index (χ1) is 6.48. The minimum absolute atomic E-state index is 0.0751. The summed E-state index contributed by atoms with van der Waals surface area (Å²) >= 11 is -2.22. The van der Waals surface area contributed by atoms with Gasteiger partial charge in [-0.1, -0.05) is 6.42 Å². The molecule has 0 saturated heterocycles. The van der Waals surface area contributed by atoms with Gasteiger partial charge in [0.2, 0.25) is 10.0 Å². The highest BCUT2D eigenvalue weighted by Gasteiger charge is 2.05. The van der Waals surface area contributed by atoms with E-state index in [0.29, 0.717) is 19.3 Å². The zero-order valence-electron chi connectivity index (χ0n) is 7.93. The van der Waals surface area contributed by atoms with Crippen molar-refractivity contribution in [2.75, 3.05) is 19.4 Å². The molecule has 0 aliphatic heterocycles. The van der Waals surface area contributed by atoms with E-state index in [1.165, 1.54) is 7.05 Å². The molecule has 0 aromatic rings. The first kappa shape index (κ1) is 14.0. The Balaban J connectivity index is 3.35. The summed E-state index contributed by atoms with van der Waals surface area (Å²) in [7, 11) is -1.75. The molecule has 8 heteroatoms. The van der Waals surface area contributed by atoms with Crippen LogP contribution in [0.5, 0.6) is 0 Å². The Hall–Kier alpha value is -0.0200. The zero-order chi connectivity index (χ0) is 11.0. The smallest absolute Gasteiger partial charge is 0.284 e. The van der Waals surface area contributed by atoms with Crippen LogP contribution in [0.4, 0.5) is 0 Å². The fraction of sp³-hybridized carbons (Fsp3) is 1.00. The number of nitrogens with one attached hydrogen (secondary N) is 1. The Labute approximate surface area is 86.6 Å². The summed E-state index contributed by atoms with van der Waals surface area (Å²) in [4.78, 5) is 0. The molecule has 0 aromatic heterocycles. The summed E-state index contributed by atoms with van der Waals surface area (Å²) in [6, 6.07) is 0. The van der Waals surface area contributed by atoms with Gasteiger partial charge < -0.3 is 0 Å². The van der Waals surface area contributed by atoms with Crippen LogP contribution < -0.4 is 4.72 Å². The van der Waals surface area contributed by atoms with Crippen molar-refractivity contribution in [2.24, 2.45) is 0 Å². The molecule has 0 aliphatic carbocycles. The molecular formula is C6H15NO5S2. The number of sulfonamides is 1. The summed E-state index contributed by atoms with van der Waals surface area (Å²) in [5.74, 6) is 0.0751. The Morgan fingerprint density at radius 1 is 1.36 bits per heavy atom. The molecule has 0 aliphatic rings. The molecule has 0 bridgehead atoms. The van der Waals surface area contributed by atoms with Gasteiger partial charge in [0.05, 0.1) is 12.4 Å². The fourth-order valence-corrected chi connectivity index (χ4v) is 1.85. The average molecular weight is 245 g/mol. The van der Waals surface area contributed by atoms with Gasteiger partial charge in [0, 0.05) is 0 Å². The second kappa shape index (κ2) is 7.30. The molecule has 0 fully saturated rings. The van der Waals surface area contributed by atoms with Crippen LogP contribution in [-0.4, -0.2) is 36.6 Å². The van der Waals surface area contributed by atoms with E-state index in [9.17, 15) is 12.6 Å². The molecule has 6 nitrogen and oxygen atoms in total. The predicted molar refractivity (Wildman–Crippen MR) is 53.4 cm³/mol. The van der Waals surface area contributed by atoms with Gasteiger partial charge in [-0.15, -0.1) is 0 Å². The highest BCUT2D eigenvalue weighted by atomic mass is 32.2. The minimum atomic E-state index is -3.12. The van der Waals surface area contributed by atoms with E-state index in [0.717, 1.165) is 0 Å². The lowest BCUT2D eigenvalue weighted by Gasteiger charge is -2.01. The Bertz CT molecular complexity index is 263. The SMILES string of the molecule is CNS(=O)(=O)CCCCCOS(=O)O. The van der Waals surface area contributed by atoms with E-state index in [-0.39, 0.29) is 12.4 Å². The number of unbranched alkanes of at least 4 members (excludes halogenated alkanes) is 2. The topological polar surface area (TPSA) is 92.7 Å². The van der Waals surface area contributed by atoms with E-state index < -0.39 is 21.4 Å². The number of rotatable bonds is 8. The summed E-state index contributed by atoms with van der Waals surface area (Å²) in [5.41, 5.74) is 0. The van der Waals surface area contributed by atoms with Crippen LogP contribution in [0, 0.1) is 0 Å². The fourth-order valence-electron chi connectivity index (χ4n) is 0.803. The molecular weight excluding hydrogens is 230 g/mol. The van der Waals surface area contributed by atoms with Gasteiger partial charge in [-0.25, -0.2) is 13.1 Å². The van der Waals surface area contributed by atoms with Gasteiger partial charge in [0.1, 0.15) is 0 Å². The number of hydrogen-bond acceptors (Lipinski definition) is 4. The van der Waals surface area contributed by atoms with Gasteiger partial charge in [0.25, 0.3) is 0 Å². The highest BCUT2D eigenvalue weighted by Crippen LogP contribution is 1.99. The molecule has 0 rings (SSSR count). The maximum absolute atomic E-state index is 10.9. The average Bonchev–Trinajstić information content (AvgIpc) is 2.10. The summed E-state index contributed by atoms with van der Waals surface area (Å²) < 4.78 is 46.6. The van der Waals surface area contributed by atoms with Crippen LogP contribution >= 0.6 is 0 Å². The third-order valence-corrected chi connectivity index (χ3v) is 3.37. The third-order valence-electron chi connectivity index (χ3n) is 1.55. The highest BCUT2D eigenvalue weighted by molar-refractivity contribution is 7.89. The second-order valence-electron chi connectivity index (χ2n) is 2.62. The molecule has 1 atom stereocenters. The van der Waals surface area contributed by atoms with Crippen molar-refractivity contribution >= 4 is 21.4 Å². The second-order valence-corrected chi connectivity index (χ2v) is 5.34. The monoisotopic (exact) mass is 245 g/mol. The normalized spacial score (nSPS) is 14.1. The third kappa shape index (κ3) is 8.57. The molecule has 0 spiro atoms. The maximum Gasteiger partial charge on any atom is 0.301 e. The van der Waals surface area contributed by atoms with Crippen molar-refractivity contribution < 1.29 is 21.4 Å².